The van der Waals surface area contributed by atoms with E-state index >= 15 is 0 Å². The van der Waals surface area contributed by atoms with Crippen molar-refractivity contribution in [1.29, 1.82) is 0 Å². The zero-order valence-corrected chi connectivity index (χ0v) is 15.6. The number of rotatable bonds is 8. The van der Waals surface area contributed by atoms with Gasteiger partial charge in [-0.25, -0.2) is 8.42 Å². The highest BCUT2D eigenvalue weighted by Crippen LogP contribution is 2.45. The molecule has 26 heavy (non-hydrogen) atoms. The smallest absolute Gasteiger partial charge is 0.191 e. The lowest BCUT2D eigenvalue weighted by molar-refractivity contribution is -0.126. The first-order chi connectivity index (χ1) is 12.4. The van der Waals surface area contributed by atoms with Gasteiger partial charge >= 0.3 is 0 Å². The van der Waals surface area contributed by atoms with E-state index in [1.807, 2.05) is 0 Å². The topological polar surface area (TPSA) is 117 Å². The molecule has 2 unspecified atom stereocenters. The van der Waals surface area contributed by atoms with Crippen LogP contribution in [0.5, 0.6) is 0 Å². The summed E-state index contributed by atoms with van der Waals surface area (Å²) in [5, 5.41) is 3.46. The number of ketones is 2. The third-order valence-electron chi connectivity index (χ3n) is 5.02. The van der Waals surface area contributed by atoms with Crippen LogP contribution in [0.2, 0.25) is 0 Å². The number of Topliss-reactive ketones (excluding diaryl/α,β-unsaturated/α-hetero) is 2. The van der Waals surface area contributed by atoms with E-state index < -0.39 is 20.5 Å². The van der Waals surface area contributed by atoms with Crippen molar-refractivity contribution in [2.75, 3.05) is 6.54 Å². The number of azide groups is 1. The van der Waals surface area contributed by atoms with Gasteiger partial charge in [0, 0.05) is 24.3 Å². The molecule has 0 amide bonds. The maximum Gasteiger partial charge on any atom is 0.191 e. The van der Waals surface area contributed by atoms with Gasteiger partial charge in [-0.15, -0.1) is 0 Å². The van der Waals surface area contributed by atoms with Crippen LogP contribution in [-0.2, 0) is 19.4 Å². The molecule has 0 saturated heterocycles. The van der Waals surface area contributed by atoms with Gasteiger partial charge in [-0.1, -0.05) is 23.3 Å². The normalized spacial score (nSPS) is 23.3. The fourth-order valence-electron chi connectivity index (χ4n) is 3.91. The fourth-order valence-corrected chi connectivity index (χ4v) is 6.30. The summed E-state index contributed by atoms with van der Waals surface area (Å²) in [5.74, 6) is -1.02. The zero-order chi connectivity index (χ0) is 19.2. The van der Waals surface area contributed by atoms with Crippen molar-refractivity contribution in [3.05, 3.63) is 40.8 Å². The molecule has 0 heterocycles. The zero-order valence-electron chi connectivity index (χ0n) is 14.8. The Hall–Kier alpha value is -2.18. The van der Waals surface area contributed by atoms with Gasteiger partial charge < -0.3 is 4.79 Å². The number of sulfone groups is 1. The summed E-state index contributed by atoms with van der Waals surface area (Å²) < 4.78 is 25.4. The second kappa shape index (κ2) is 8.47. The summed E-state index contributed by atoms with van der Waals surface area (Å²) in [6.07, 6.45) is 1.66. The number of carbonyl (C=O) groups is 2. The van der Waals surface area contributed by atoms with E-state index in [1.54, 1.807) is 18.2 Å². The molecule has 1 aromatic carbocycles. The van der Waals surface area contributed by atoms with Gasteiger partial charge in [-0.3, -0.25) is 4.79 Å². The second-order valence-electron chi connectivity index (χ2n) is 6.68. The molecule has 0 radical (unpaired) electrons. The van der Waals surface area contributed by atoms with E-state index in [0.717, 1.165) is 0 Å². The van der Waals surface area contributed by atoms with E-state index in [1.165, 1.54) is 19.1 Å². The van der Waals surface area contributed by atoms with E-state index in [2.05, 4.69) is 10.0 Å². The molecule has 0 bridgehead atoms. The molecule has 2 rings (SSSR count). The lowest BCUT2D eigenvalue weighted by Crippen LogP contribution is -2.55. The molecular formula is C18H23N3O4S. The van der Waals surface area contributed by atoms with Gasteiger partial charge in [0.05, 0.1) is 4.90 Å². The first-order valence-corrected chi connectivity index (χ1v) is 10.2. The number of benzene rings is 1. The maximum atomic E-state index is 13.5. The Labute approximate surface area is 153 Å². The molecule has 7 nitrogen and oxygen atoms in total. The number of nitrogens with zero attached hydrogens (tertiary/aromatic N) is 3. The van der Waals surface area contributed by atoms with Gasteiger partial charge in [-0.05, 0) is 56.2 Å². The molecule has 140 valence electrons. The molecule has 1 aliphatic carbocycles. The molecule has 0 N–H and O–H groups in total. The van der Waals surface area contributed by atoms with Crippen LogP contribution in [0.4, 0.5) is 0 Å². The van der Waals surface area contributed by atoms with E-state index in [0.29, 0.717) is 12.8 Å². The summed E-state index contributed by atoms with van der Waals surface area (Å²) in [4.78, 5) is 27.5. The fraction of sp³-hybridized carbons (Fsp3) is 0.556. The molecular weight excluding hydrogens is 354 g/mol. The molecule has 2 atom stereocenters. The van der Waals surface area contributed by atoms with Crippen molar-refractivity contribution >= 4 is 21.4 Å². The van der Waals surface area contributed by atoms with Crippen LogP contribution in [0.25, 0.3) is 10.4 Å². The van der Waals surface area contributed by atoms with Gasteiger partial charge in [-0.2, -0.15) is 0 Å². The monoisotopic (exact) mass is 377 g/mol. The minimum atomic E-state index is -3.99. The Morgan fingerprint density at radius 3 is 2.65 bits per heavy atom. The highest BCUT2D eigenvalue weighted by molar-refractivity contribution is 7.93. The summed E-state index contributed by atoms with van der Waals surface area (Å²) >= 11 is 0. The molecule has 0 spiro atoms. The third-order valence-corrected chi connectivity index (χ3v) is 7.64. The van der Waals surface area contributed by atoms with Crippen LogP contribution in [0, 0.1) is 5.92 Å². The van der Waals surface area contributed by atoms with E-state index in [9.17, 15) is 18.0 Å². The largest absolute Gasteiger partial charge is 0.300 e. The Morgan fingerprint density at radius 1 is 1.35 bits per heavy atom. The summed E-state index contributed by atoms with van der Waals surface area (Å²) in [7, 11) is -3.99. The Morgan fingerprint density at radius 2 is 2.04 bits per heavy atom. The number of carbonyl (C=O) groups excluding carboxylic acids is 2. The predicted molar refractivity (Wildman–Crippen MR) is 97.3 cm³/mol. The third kappa shape index (κ3) is 3.81. The molecule has 8 heteroatoms. The van der Waals surface area contributed by atoms with Gasteiger partial charge in [0.15, 0.2) is 15.6 Å². The second-order valence-corrected chi connectivity index (χ2v) is 8.89. The number of hydrogen-bond donors (Lipinski definition) is 0. The molecule has 1 aliphatic rings. The highest BCUT2D eigenvalue weighted by atomic mass is 32.2. The molecule has 1 fully saturated rings. The molecule has 0 aliphatic heterocycles. The molecule has 0 aromatic heterocycles. The first-order valence-electron chi connectivity index (χ1n) is 8.69. The predicted octanol–water partition coefficient (Wildman–Crippen LogP) is 3.64. The lowest BCUT2D eigenvalue weighted by atomic mass is 9.73. The summed E-state index contributed by atoms with van der Waals surface area (Å²) in [6, 6.07) is 7.92. The van der Waals surface area contributed by atoms with Crippen molar-refractivity contribution in [2.45, 2.75) is 55.1 Å². The van der Waals surface area contributed by atoms with Crippen molar-refractivity contribution in [3.63, 3.8) is 0 Å². The van der Waals surface area contributed by atoms with Gasteiger partial charge in [0.25, 0.3) is 0 Å². The minimum Gasteiger partial charge on any atom is -0.300 e. The lowest BCUT2D eigenvalue weighted by Gasteiger charge is -2.42. The van der Waals surface area contributed by atoms with Gasteiger partial charge in [0.1, 0.15) is 10.5 Å². The van der Waals surface area contributed by atoms with Crippen molar-refractivity contribution < 1.29 is 18.0 Å². The Balaban J connectivity index is 2.57. The first kappa shape index (κ1) is 20.1. The SMILES string of the molecule is CC(=O)CC1CCCC(=O)C1(CCCN=[N+]=[N-])S(=O)(=O)c1ccccc1. The average molecular weight is 377 g/mol. The van der Waals surface area contributed by atoms with Gasteiger partial charge in [0.2, 0.25) is 0 Å². The standard InChI is InChI=1S/C18H23N3O4S/c1-14(22)13-15-7-5-10-17(23)18(15,11-6-12-20-21-19)26(24,25)16-8-3-2-4-9-16/h2-4,8-9,15H,5-7,10-13H2,1H3. The Kier molecular flexibility index (Phi) is 6.56. The minimum absolute atomic E-state index is 0.0549. The maximum absolute atomic E-state index is 13.5. The average Bonchev–Trinajstić information content (AvgIpc) is 2.61. The molecule has 1 aromatic rings. The highest BCUT2D eigenvalue weighted by Gasteiger charge is 2.56. The van der Waals surface area contributed by atoms with Crippen LogP contribution >= 0.6 is 0 Å². The molecule has 1 saturated carbocycles. The quantitative estimate of drug-likeness (QED) is 0.297. The van der Waals surface area contributed by atoms with Crippen LogP contribution in [0.15, 0.2) is 40.3 Å². The van der Waals surface area contributed by atoms with Crippen LogP contribution < -0.4 is 0 Å². The van der Waals surface area contributed by atoms with Crippen molar-refractivity contribution in [1.82, 2.24) is 0 Å². The summed E-state index contributed by atoms with van der Waals surface area (Å²) in [5.41, 5.74) is 8.46. The van der Waals surface area contributed by atoms with E-state index in [-0.39, 0.29) is 48.7 Å². The Bertz CT molecular complexity index is 816. The number of hydrogen-bond acceptors (Lipinski definition) is 5. The van der Waals surface area contributed by atoms with Crippen molar-refractivity contribution in [3.8, 4) is 0 Å². The summed E-state index contributed by atoms with van der Waals surface area (Å²) in [6.45, 7) is 1.53. The van der Waals surface area contributed by atoms with Crippen LogP contribution in [-0.4, -0.2) is 31.3 Å². The van der Waals surface area contributed by atoms with Crippen LogP contribution in [0.1, 0.15) is 45.4 Å². The van der Waals surface area contributed by atoms with Crippen LogP contribution in [0.3, 0.4) is 0 Å². The van der Waals surface area contributed by atoms with Crippen molar-refractivity contribution in [2.24, 2.45) is 11.0 Å². The van der Waals surface area contributed by atoms with E-state index in [4.69, 9.17) is 5.53 Å².